The Labute approximate surface area is 134 Å². The molecule has 0 radical (unpaired) electrons. The lowest BCUT2D eigenvalue weighted by molar-refractivity contribution is -0.131. The molecule has 0 saturated heterocycles. The molecule has 0 bridgehead atoms. The number of rotatable bonds is 3. The van der Waals surface area contributed by atoms with Gasteiger partial charge in [0.25, 0.3) is 0 Å². The molecule has 0 unspecified atom stereocenters. The van der Waals surface area contributed by atoms with Crippen LogP contribution in [0.2, 0.25) is 0 Å². The van der Waals surface area contributed by atoms with Gasteiger partial charge < -0.3 is 24.1 Å². The van der Waals surface area contributed by atoms with Gasteiger partial charge in [0.05, 0.1) is 7.11 Å². The van der Waals surface area contributed by atoms with Gasteiger partial charge in [0.1, 0.15) is 29.6 Å². The van der Waals surface area contributed by atoms with Gasteiger partial charge in [0.15, 0.2) is 11.7 Å². The number of phenols is 1. The zero-order valence-corrected chi connectivity index (χ0v) is 13.0. The number of methoxy groups -OCH3 is 1. The predicted molar refractivity (Wildman–Crippen MR) is 83.3 cm³/mol. The maximum atomic E-state index is 9.67. The Morgan fingerprint density at radius 3 is 2.87 bits per heavy atom. The summed E-state index contributed by atoms with van der Waals surface area (Å²) in [5, 5.41) is 9.67. The van der Waals surface area contributed by atoms with Crippen molar-refractivity contribution in [3.63, 3.8) is 0 Å². The van der Waals surface area contributed by atoms with Crippen molar-refractivity contribution in [1.29, 1.82) is 0 Å². The van der Waals surface area contributed by atoms with Crippen LogP contribution in [-0.2, 0) is 10.3 Å². The summed E-state index contributed by atoms with van der Waals surface area (Å²) in [4.78, 5) is 0. The minimum absolute atomic E-state index is 0.171. The highest BCUT2D eigenvalue weighted by Gasteiger charge is 2.55. The lowest BCUT2D eigenvalue weighted by Gasteiger charge is -2.38. The summed E-state index contributed by atoms with van der Waals surface area (Å²) < 4.78 is 23.5. The first kappa shape index (κ1) is 14.2. The molecule has 120 valence electrons. The molecular formula is C18H18O5. The van der Waals surface area contributed by atoms with E-state index in [4.69, 9.17) is 18.9 Å². The Morgan fingerprint density at radius 2 is 2.09 bits per heavy atom. The van der Waals surface area contributed by atoms with Crippen LogP contribution in [0.15, 0.2) is 36.4 Å². The van der Waals surface area contributed by atoms with E-state index in [1.54, 1.807) is 19.2 Å². The second-order valence-corrected chi connectivity index (χ2v) is 5.69. The lowest BCUT2D eigenvalue weighted by Crippen LogP contribution is -2.43. The molecule has 23 heavy (non-hydrogen) atoms. The molecule has 2 atom stereocenters. The lowest BCUT2D eigenvalue weighted by atomic mass is 9.84. The van der Waals surface area contributed by atoms with Crippen LogP contribution in [-0.4, -0.2) is 25.4 Å². The van der Waals surface area contributed by atoms with Gasteiger partial charge in [-0.1, -0.05) is 0 Å². The molecule has 0 fully saturated rings. The summed E-state index contributed by atoms with van der Waals surface area (Å²) in [6, 6.07) is 10.8. The van der Waals surface area contributed by atoms with Crippen molar-refractivity contribution in [3.05, 3.63) is 47.5 Å². The van der Waals surface area contributed by atoms with Crippen molar-refractivity contribution in [2.75, 3.05) is 20.3 Å². The fraction of sp³-hybridized carbons (Fsp3) is 0.333. The van der Waals surface area contributed by atoms with Crippen LogP contribution < -0.4 is 14.2 Å². The average Bonchev–Trinajstić information content (AvgIpc) is 2.88. The Bertz CT molecular complexity index is 757. The van der Waals surface area contributed by atoms with Crippen molar-refractivity contribution in [2.24, 2.45) is 0 Å². The van der Waals surface area contributed by atoms with E-state index < -0.39 is 5.60 Å². The van der Waals surface area contributed by atoms with Crippen LogP contribution in [0.4, 0.5) is 0 Å². The molecule has 5 nitrogen and oxygen atoms in total. The van der Waals surface area contributed by atoms with Gasteiger partial charge in [-0.15, -0.1) is 0 Å². The third kappa shape index (κ3) is 1.96. The highest BCUT2D eigenvalue weighted by atomic mass is 16.6. The minimum atomic E-state index is -0.680. The summed E-state index contributed by atoms with van der Waals surface area (Å²) >= 11 is 0. The Hall–Kier alpha value is -2.40. The molecule has 0 amide bonds. The number of benzene rings is 2. The zero-order valence-electron chi connectivity index (χ0n) is 13.0. The van der Waals surface area contributed by atoms with E-state index in [0.717, 1.165) is 22.6 Å². The van der Waals surface area contributed by atoms with Gasteiger partial charge >= 0.3 is 0 Å². The molecule has 5 heteroatoms. The first-order valence-electron chi connectivity index (χ1n) is 7.63. The molecule has 0 aromatic heterocycles. The maximum absolute atomic E-state index is 9.67. The molecule has 2 aromatic carbocycles. The van der Waals surface area contributed by atoms with Crippen molar-refractivity contribution >= 4 is 0 Å². The number of phenolic OH excluding ortho intramolecular Hbond substituents is 1. The van der Waals surface area contributed by atoms with Crippen molar-refractivity contribution in [1.82, 2.24) is 0 Å². The van der Waals surface area contributed by atoms with E-state index in [0.29, 0.717) is 19.0 Å². The van der Waals surface area contributed by atoms with Gasteiger partial charge in [0, 0.05) is 29.9 Å². The standard InChI is InChI=1S/C18H18O5/c1-3-22-18-10-21-15-8-11(19)4-6-13(15)17(18)23-16-9-12(20-2)5-7-14(16)18/h4-9,17,19H,3,10H2,1-2H3/t17-,18+/m0/s1. The first-order valence-corrected chi connectivity index (χ1v) is 7.63. The molecule has 2 aliphatic heterocycles. The summed E-state index contributed by atoms with van der Waals surface area (Å²) in [5.41, 5.74) is 1.15. The third-order valence-electron chi connectivity index (χ3n) is 4.44. The van der Waals surface area contributed by atoms with Gasteiger partial charge in [0.2, 0.25) is 0 Å². The summed E-state index contributed by atoms with van der Waals surface area (Å²) in [5.74, 6) is 2.28. The molecule has 2 heterocycles. The van der Waals surface area contributed by atoms with Crippen LogP contribution in [0, 0.1) is 0 Å². The Balaban J connectivity index is 1.86. The fourth-order valence-corrected chi connectivity index (χ4v) is 3.41. The zero-order chi connectivity index (χ0) is 16.0. The summed E-state index contributed by atoms with van der Waals surface area (Å²) in [6.45, 7) is 2.84. The Kier molecular flexibility index (Phi) is 3.13. The van der Waals surface area contributed by atoms with Crippen LogP contribution in [0.25, 0.3) is 0 Å². The first-order chi connectivity index (χ1) is 11.2. The second kappa shape index (κ2) is 5.06. The monoisotopic (exact) mass is 314 g/mol. The maximum Gasteiger partial charge on any atom is 0.171 e. The van der Waals surface area contributed by atoms with Crippen molar-refractivity contribution in [3.8, 4) is 23.0 Å². The predicted octanol–water partition coefficient (Wildman–Crippen LogP) is 3.16. The third-order valence-corrected chi connectivity index (χ3v) is 4.44. The van der Waals surface area contributed by atoms with Gasteiger partial charge in [-0.25, -0.2) is 0 Å². The number of fused-ring (bicyclic) bond motifs is 5. The number of ether oxygens (including phenoxy) is 4. The van der Waals surface area contributed by atoms with Crippen molar-refractivity contribution in [2.45, 2.75) is 18.6 Å². The number of hydrogen-bond donors (Lipinski definition) is 1. The van der Waals surface area contributed by atoms with E-state index in [1.165, 1.54) is 0 Å². The number of hydrogen-bond acceptors (Lipinski definition) is 5. The second-order valence-electron chi connectivity index (χ2n) is 5.69. The molecule has 0 spiro atoms. The largest absolute Gasteiger partial charge is 0.508 e. The molecule has 0 saturated carbocycles. The van der Waals surface area contributed by atoms with Gasteiger partial charge in [-0.3, -0.25) is 0 Å². The fourth-order valence-electron chi connectivity index (χ4n) is 3.41. The van der Waals surface area contributed by atoms with Crippen LogP contribution in [0.3, 0.4) is 0 Å². The van der Waals surface area contributed by atoms with E-state index in [-0.39, 0.29) is 11.9 Å². The van der Waals surface area contributed by atoms with Crippen LogP contribution in [0.5, 0.6) is 23.0 Å². The topological polar surface area (TPSA) is 57.2 Å². The van der Waals surface area contributed by atoms with Crippen LogP contribution in [0.1, 0.15) is 24.2 Å². The minimum Gasteiger partial charge on any atom is -0.508 e. The van der Waals surface area contributed by atoms with E-state index in [2.05, 4.69) is 0 Å². The smallest absolute Gasteiger partial charge is 0.171 e. The highest BCUT2D eigenvalue weighted by Crippen LogP contribution is 2.56. The summed E-state index contributed by atoms with van der Waals surface area (Å²) in [6.07, 6.45) is -0.311. The van der Waals surface area contributed by atoms with Crippen LogP contribution >= 0.6 is 0 Å². The molecule has 4 rings (SSSR count). The molecule has 1 N–H and O–H groups in total. The van der Waals surface area contributed by atoms with E-state index in [1.807, 2.05) is 31.2 Å². The normalized spacial score (nSPS) is 24.0. The van der Waals surface area contributed by atoms with Gasteiger partial charge in [-0.05, 0) is 31.2 Å². The molecule has 0 aliphatic carbocycles. The Morgan fingerprint density at radius 1 is 1.22 bits per heavy atom. The van der Waals surface area contributed by atoms with Crippen molar-refractivity contribution < 1.29 is 24.1 Å². The highest BCUT2D eigenvalue weighted by molar-refractivity contribution is 5.54. The molecule has 2 aliphatic rings. The van der Waals surface area contributed by atoms with Gasteiger partial charge in [-0.2, -0.15) is 0 Å². The summed E-state index contributed by atoms with van der Waals surface area (Å²) in [7, 11) is 1.63. The SMILES string of the molecule is CCO[C@@]12COc3cc(O)ccc3[C@@H]1Oc1cc(OC)ccc12. The van der Waals surface area contributed by atoms with E-state index in [9.17, 15) is 5.11 Å². The quantitative estimate of drug-likeness (QED) is 0.943. The molecular weight excluding hydrogens is 296 g/mol. The molecule has 2 aromatic rings. The van der Waals surface area contributed by atoms with E-state index >= 15 is 0 Å². The average molecular weight is 314 g/mol. The number of aromatic hydroxyl groups is 1.